The molecule has 0 bridgehead atoms. The minimum absolute atomic E-state index is 0.304. The molecule has 0 radical (unpaired) electrons. The Morgan fingerprint density at radius 1 is 1.25 bits per heavy atom. The SMILES string of the molecule is CC1(c2ccc(F)cc2)CN(C(=O)CCC(F)(F)F)C1. The molecule has 0 unspecified atom stereocenters. The Hall–Kier alpha value is -1.59. The van der Waals surface area contributed by atoms with E-state index in [0.717, 1.165) is 5.56 Å². The van der Waals surface area contributed by atoms with Gasteiger partial charge in [-0.3, -0.25) is 4.79 Å². The molecular weight excluding hydrogens is 274 g/mol. The number of carbonyl (C=O) groups is 1. The van der Waals surface area contributed by atoms with Crippen molar-refractivity contribution in [3.8, 4) is 0 Å². The van der Waals surface area contributed by atoms with Crippen LogP contribution in [-0.2, 0) is 10.2 Å². The zero-order valence-corrected chi connectivity index (χ0v) is 11.0. The Kier molecular flexibility index (Phi) is 3.75. The molecule has 0 N–H and O–H groups in total. The molecule has 1 aliphatic rings. The van der Waals surface area contributed by atoms with E-state index in [0.29, 0.717) is 13.1 Å². The molecule has 2 nitrogen and oxygen atoms in total. The van der Waals surface area contributed by atoms with Crippen LogP contribution in [0.4, 0.5) is 17.6 Å². The second-order valence-corrected chi connectivity index (χ2v) is 5.43. The monoisotopic (exact) mass is 289 g/mol. The number of halogens is 4. The van der Waals surface area contributed by atoms with Gasteiger partial charge in [0.15, 0.2) is 0 Å². The average molecular weight is 289 g/mol. The Labute approximate surface area is 114 Å². The van der Waals surface area contributed by atoms with Crippen molar-refractivity contribution in [2.75, 3.05) is 13.1 Å². The summed E-state index contributed by atoms with van der Waals surface area (Å²) in [5, 5.41) is 0. The minimum atomic E-state index is -4.30. The van der Waals surface area contributed by atoms with Crippen molar-refractivity contribution < 1.29 is 22.4 Å². The van der Waals surface area contributed by atoms with E-state index in [4.69, 9.17) is 0 Å². The van der Waals surface area contributed by atoms with Gasteiger partial charge >= 0.3 is 6.18 Å². The minimum Gasteiger partial charge on any atom is -0.341 e. The Morgan fingerprint density at radius 2 is 1.80 bits per heavy atom. The molecule has 1 fully saturated rings. The van der Waals surface area contributed by atoms with Gasteiger partial charge in [-0.2, -0.15) is 13.2 Å². The highest BCUT2D eigenvalue weighted by Crippen LogP contribution is 2.35. The summed E-state index contributed by atoms with van der Waals surface area (Å²) in [5.41, 5.74) is 0.584. The summed E-state index contributed by atoms with van der Waals surface area (Å²) >= 11 is 0. The molecule has 1 heterocycles. The lowest BCUT2D eigenvalue weighted by atomic mass is 9.75. The molecule has 110 valence electrons. The summed E-state index contributed by atoms with van der Waals surface area (Å²) in [6.45, 7) is 2.65. The maximum Gasteiger partial charge on any atom is 0.389 e. The number of amides is 1. The lowest BCUT2D eigenvalue weighted by Crippen LogP contribution is -2.59. The summed E-state index contributed by atoms with van der Waals surface area (Å²) < 4.78 is 49.0. The molecule has 1 aromatic rings. The molecule has 1 saturated heterocycles. The van der Waals surface area contributed by atoms with Gasteiger partial charge in [0.25, 0.3) is 0 Å². The molecule has 0 spiro atoms. The van der Waals surface area contributed by atoms with Crippen molar-refractivity contribution in [2.24, 2.45) is 0 Å². The second-order valence-electron chi connectivity index (χ2n) is 5.43. The first-order valence-corrected chi connectivity index (χ1v) is 6.30. The van der Waals surface area contributed by atoms with Crippen molar-refractivity contribution in [1.82, 2.24) is 4.90 Å². The highest BCUT2D eigenvalue weighted by Gasteiger charge is 2.43. The number of likely N-dealkylation sites (tertiary alicyclic amines) is 1. The van der Waals surface area contributed by atoms with Crippen LogP contribution in [0.15, 0.2) is 24.3 Å². The third-order valence-corrected chi connectivity index (χ3v) is 3.60. The Balaban J connectivity index is 1.90. The molecule has 1 amide bonds. The first kappa shape index (κ1) is 14.8. The molecule has 0 aliphatic carbocycles. The summed E-state index contributed by atoms with van der Waals surface area (Å²) in [6, 6.07) is 5.98. The van der Waals surface area contributed by atoms with E-state index in [1.165, 1.54) is 17.0 Å². The van der Waals surface area contributed by atoms with Gasteiger partial charge in [0.2, 0.25) is 5.91 Å². The van der Waals surface area contributed by atoms with Gasteiger partial charge in [0.05, 0.1) is 6.42 Å². The zero-order chi connectivity index (χ0) is 15.0. The number of nitrogens with zero attached hydrogens (tertiary/aromatic N) is 1. The van der Waals surface area contributed by atoms with E-state index in [-0.39, 0.29) is 11.2 Å². The summed E-state index contributed by atoms with van der Waals surface area (Å²) in [5.74, 6) is -0.823. The van der Waals surface area contributed by atoms with Crippen LogP contribution in [-0.4, -0.2) is 30.1 Å². The number of hydrogen-bond donors (Lipinski definition) is 0. The Bertz CT molecular complexity index is 489. The topological polar surface area (TPSA) is 20.3 Å². The number of benzene rings is 1. The van der Waals surface area contributed by atoms with Crippen LogP contribution in [0.1, 0.15) is 25.3 Å². The normalized spacial score (nSPS) is 17.8. The van der Waals surface area contributed by atoms with Gasteiger partial charge in [0.1, 0.15) is 5.82 Å². The van der Waals surface area contributed by atoms with Gasteiger partial charge in [-0.05, 0) is 17.7 Å². The fraction of sp³-hybridized carbons (Fsp3) is 0.500. The largest absolute Gasteiger partial charge is 0.389 e. The summed E-state index contributed by atoms with van der Waals surface area (Å²) in [7, 11) is 0. The van der Waals surface area contributed by atoms with Crippen LogP contribution in [0, 0.1) is 5.82 Å². The highest BCUT2D eigenvalue weighted by atomic mass is 19.4. The van der Waals surface area contributed by atoms with Crippen LogP contribution in [0.2, 0.25) is 0 Å². The van der Waals surface area contributed by atoms with E-state index in [1.807, 2.05) is 6.92 Å². The average Bonchev–Trinajstić information content (AvgIpc) is 2.32. The molecule has 0 atom stereocenters. The van der Waals surface area contributed by atoms with E-state index in [9.17, 15) is 22.4 Å². The van der Waals surface area contributed by atoms with Crippen LogP contribution in [0.5, 0.6) is 0 Å². The van der Waals surface area contributed by atoms with Crippen LogP contribution in [0.3, 0.4) is 0 Å². The predicted octanol–water partition coefficient (Wildman–Crippen LogP) is 3.27. The smallest absolute Gasteiger partial charge is 0.341 e. The van der Waals surface area contributed by atoms with Crippen LogP contribution < -0.4 is 0 Å². The molecular formula is C14H15F4NO. The van der Waals surface area contributed by atoms with Crippen molar-refractivity contribution in [3.63, 3.8) is 0 Å². The van der Waals surface area contributed by atoms with Crippen molar-refractivity contribution in [3.05, 3.63) is 35.6 Å². The van der Waals surface area contributed by atoms with Crippen LogP contribution in [0.25, 0.3) is 0 Å². The number of rotatable bonds is 3. The van der Waals surface area contributed by atoms with E-state index < -0.39 is 24.9 Å². The maximum atomic E-state index is 12.8. The van der Waals surface area contributed by atoms with Crippen LogP contribution >= 0.6 is 0 Å². The first-order chi connectivity index (χ1) is 9.20. The number of carbonyl (C=O) groups excluding carboxylic acids is 1. The lowest BCUT2D eigenvalue weighted by Gasteiger charge is -2.48. The maximum absolute atomic E-state index is 12.8. The van der Waals surface area contributed by atoms with Gasteiger partial charge in [0, 0.05) is 24.9 Å². The number of hydrogen-bond acceptors (Lipinski definition) is 1. The quantitative estimate of drug-likeness (QED) is 0.782. The molecule has 0 saturated carbocycles. The van der Waals surface area contributed by atoms with Crippen molar-refractivity contribution in [1.29, 1.82) is 0 Å². The predicted molar refractivity (Wildman–Crippen MR) is 65.6 cm³/mol. The fourth-order valence-corrected chi connectivity index (χ4v) is 2.41. The summed E-state index contributed by atoms with van der Waals surface area (Å²) in [6.07, 6.45) is -5.90. The van der Waals surface area contributed by atoms with Crippen molar-refractivity contribution >= 4 is 5.91 Å². The zero-order valence-electron chi connectivity index (χ0n) is 11.0. The lowest BCUT2D eigenvalue weighted by molar-refractivity contribution is -0.153. The first-order valence-electron chi connectivity index (χ1n) is 6.30. The molecule has 6 heteroatoms. The molecule has 20 heavy (non-hydrogen) atoms. The Morgan fingerprint density at radius 3 is 2.30 bits per heavy atom. The highest BCUT2D eigenvalue weighted by molar-refractivity contribution is 5.77. The van der Waals surface area contributed by atoms with Gasteiger partial charge < -0.3 is 4.90 Å². The standard InChI is InChI=1S/C14H15F4NO/c1-13(10-2-4-11(15)5-3-10)8-19(9-13)12(20)6-7-14(16,17)18/h2-5H,6-9H2,1H3. The third kappa shape index (κ3) is 3.29. The third-order valence-electron chi connectivity index (χ3n) is 3.60. The number of alkyl halides is 3. The molecule has 0 aromatic heterocycles. The van der Waals surface area contributed by atoms with Gasteiger partial charge in [-0.15, -0.1) is 0 Å². The van der Waals surface area contributed by atoms with Gasteiger partial charge in [-0.25, -0.2) is 4.39 Å². The van der Waals surface area contributed by atoms with E-state index >= 15 is 0 Å². The molecule has 1 aliphatic heterocycles. The fourth-order valence-electron chi connectivity index (χ4n) is 2.41. The van der Waals surface area contributed by atoms with E-state index in [2.05, 4.69) is 0 Å². The van der Waals surface area contributed by atoms with Gasteiger partial charge in [-0.1, -0.05) is 19.1 Å². The molecule has 2 rings (SSSR count). The molecule has 1 aromatic carbocycles. The second kappa shape index (κ2) is 5.07. The summed E-state index contributed by atoms with van der Waals surface area (Å²) in [4.78, 5) is 13.0. The van der Waals surface area contributed by atoms with E-state index in [1.54, 1.807) is 12.1 Å². The van der Waals surface area contributed by atoms with Crippen molar-refractivity contribution in [2.45, 2.75) is 31.4 Å².